The molecular weight excluding hydrogens is 342 g/mol. The maximum absolute atomic E-state index is 12.0. The van der Waals surface area contributed by atoms with E-state index in [-0.39, 0.29) is 5.91 Å². The third-order valence-electron chi connectivity index (χ3n) is 3.30. The summed E-state index contributed by atoms with van der Waals surface area (Å²) < 4.78 is 6.17. The lowest BCUT2D eigenvalue weighted by molar-refractivity contribution is -0.111. The summed E-state index contributed by atoms with van der Waals surface area (Å²) in [5.41, 5.74) is 3.93. The van der Waals surface area contributed by atoms with E-state index in [9.17, 15) is 4.79 Å². The number of anilines is 1. The maximum atomic E-state index is 12.0. The Bertz CT molecular complexity index is 700. The first-order valence-corrected chi connectivity index (χ1v) is 7.69. The van der Waals surface area contributed by atoms with Gasteiger partial charge in [0.15, 0.2) is 0 Å². The average molecular weight is 360 g/mol. The van der Waals surface area contributed by atoms with Gasteiger partial charge in [-0.1, -0.05) is 22.0 Å². The van der Waals surface area contributed by atoms with Crippen LogP contribution in [0.5, 0.6) is 5.75 Å². The highest BCUT2D eigenvalue weighted by Crippen LogP contribution is 2.23. The number of halogens is 1. The molecule has 0 saturated heterocycles. The van der Waals surface area contributed by atoms with Crippen molar-refractivity contribution in [2.24, 2.45) is 0 Å². The molecule has 0 radical (unpaired) electrons. The van der Waals surface area contributed by atoms with Crippen molar-refractivity contribution >= 4 is 33.6 Å². The quantitative estimate of drug-likeness (QED) is 0.801. The molecule has 0 fully saturated rings. The van der Waals surface area contributed by atoms with Crippen LogP contribution in [0, 0.1) is 13.8 Å². The Morgan fingerprint density at radius 1 is 1.18 bits per heavy atom. The fraction of sp³-hybridized carbons (Fsp3) is 0.167. The maximum Gasteiger partial charge on any atom is 0.248 e. The largest absolute Gasteiger partial charge is 0.497 e. The number of carbonyl (C=O) groups is 1. The number of rotatable bonds is 4. The molecule has 2 aromatic carbocycles. The lowest BCUT2D eigenvalue weighted by Gasteiger charge is -2.09. The van der Waals surface area contributed by atoms with Crippen molar-refractivity contribution in [3.63, 3.8) is 0 Å². The van der Waals surface area contributed by atoms with Crippen LogP contribution in [0.2, 0.25) is 0 Å². The summed E-state index contributed by atoms with van der Waals surface area (Å²) in [6, 6.07) is 11.4. The molecule has 0 aliphatic rings. The first-order valence-electron chi connectivity index (χ1n) is 6.89. The summed E-state index contributed by atoms with van der Waals surface area (Å²) in [5, 5.41) is 2.83. The van der Waals surface area contributed by atoms with Gasteiger partial charge in [-0.25, -0.2) is 0 Å². The van der Waals surface area contributed by atoms with Crippen LogP contribution in [0.25, 0.3) is 6.08 Å². The van der Waals surface area contributed by atoms with E-state index in [0.29, 0.717) is 0 Å². The Morgan fingerprint density at radius 2 is 1.86 bits per heavy atom. The zero-order valence-corrected chi connectivity index (χ0v) is 14.4. The first kappa shape index (κ1) is 16.3. The standard InChI is InChI=1S/C18H18BrNO2/c1-12-9-16(22-3)10-13(2)17(12)7-8-18(21)20-15-6-4-5-14(19)11-15/h4-11H,1-3H3,(H,20,21)/b8-7+. The second-order valence-corrected chi connectivity index (χ2v) is 5.92. The summed E-state index contributed by atoms with van der Waals surface area (Å²) in [6.07, 6.45) is 3.38. The summed E-state index contributed by atoms with van der Waals surface area (Å²) >= 11 is 3.38. The molecule has 0 unspecified atom stereocenters. The topological polar surface area (TPSA) is 38.3 Å². The molecule has 0 aliphatic carbocycles. The Balaban J connectivity index is 2.13. The van der Waals surface area contributed by atoms with Crippen LogP contribution < -0.4 is 10.1 Å². The van der Waals surface area contributed by atoms with E-state index in [2.05, 4.69) is 21.2 Å². The summed E-state index contributed by atoms with van der Waals surface area (Å²) in [7, 11) is 1.65. The van der Waals surface area contributed by atoms with Crippen LogP contribution >= 0.6 is 15.9 Å². The number of benzene rings is 2. The van der Waals surface area contributed by atoms with Gasteiger partial charge in [0.2, 0.25) is 5.91 Å². The summed E-state index contributed by atoms with van der Waals surface area (Å²) in [6.45, 7) is 4.00. The third kappa shape index (κ3) is 4.21. The van der Waals surface area contributed by atoms with E-state index in [1.165, 1.54) is 0 Å². The molecule has 4 heteroatoms. The second kappa shape index (κ2) is 7.27. The van der Waals surface area contributed by atoms with Crippen LogP contribution in [-0.4, -0.2) is 13.0 Å². The van der Waals surface area contributed by atoms with Gasteiger partial charge < -0.3 is 10.1 Å². The van der Waals surface area contributed by atoms with Crippen molar-refractivity contribution in [1.82, 2.24) is 0 Å². The van der Waals surface area contributed by atoms with Crippen LogP contribution in [0.4, 0.5) is 5.69 Å². The van der Waals surface area contributed by atoms with Gasteiger partial charge in [-0.3, -0.25) is 4.79 Å². The number of methoxy groups -OCH3 is 1. The van der Waals surface area contributed by atoms with E-state index in [0.717, 1.165) is 32.6 Å². The Labute approximate surface area is 139 Å². The zero-order chi connectivity index (χ0) is 16.1. The number of carbonyl (C=O) groups excluding carboxylic acids is 1. The van der Waals surface area contributed by atoms with Crippen LogP contribution in [0.3, 0.4) is 0 Å². The molecule has 0 heterocycles. The van der Waals surface area contributed by atoms with Gasteiger partial charge in [0.05, 0.1) is 7.11 Å². The third-order valence-corrected chi connectivity index (χ3v) is 3.79. The molecule has 1 N–H and O–H groups in total. The number of hydrogen-bond acceptors (Lipinski definition) is 2. The number of hydrogen-bond donors (Lipinski definition) is 1. The minimum atomic E-state index is -0.160. The van der Waals surface area contributed by atoms with Gasteiger partial charge in [-0.05, 0) is 66.9 Å². The molecule has 0 aliphatic heterocycles. The van der Waals surface area contributed by atoms with Crippen molar-refractivity contribution in [3.05, 3.63) is 63.6 Å². The van der Waals surface area contributed by atoms with Gasteiger partial charge in [-0.2, -0.15) is 0 Å². The Kier molecular flexibility index (Phi) is 5.39. The highest BCUT2D eigenvalue weighted by Gasteiger charge is 2.04. The molecule has 0 bridgehead atoms. The second-order valence-electron chi connectivity index (χ2n) is 5.01. The van der Waals surface area contributed by atoms with E-state index in [1.807, 2.05) is 56.3 Å². The highest BCUT2D eigenvalue weighted by atomic mass is 79.9. The van der Waals surface area contributed by atoms with Gasteiger partial charge in [0.25, 0.3) is 0 Å². The van der Waals surface area contributed by atoms with Crippen molar-refractivity contribution in [3.8, 4) is 5.75 Å². The van der Waals surface area contributed by atoms with Crippen LogP contribution in [0.15, 0.2) is 46.9 Å². The normalized spacial score (nSPS) is 10.7. The number of nitrogens with one attached hydrogen (secondary N) is 1. The van der Waals surface area contributed by atoms with Crippen molar-refractivity contribution in [1.29, 1.82) is 0 Å². The minimum absolute atomic E-state index is 0.160. The molecule has 0 spiro atoms. The van der Waals surface area contributed by atoms with Crippen molar-refractivity contribution in [2.45, 2.75) is 13.8 Å². The Hall–Kier alpha value is -2.07. The van der Waals surface area contributed by atoms with Crippen LogP contribution in [0.1, 0.15) is 16.7 Å². The lowest BCUT2D eigenvalue weighted by atomic mass is 10.0. The Morgan fingerprint density at radius 3 is 2.45 bits per heavy atom. The number of ether oxygens (including phenoxy) is 1. The first-order chi connectivity index (χ1) is 10.5. The smallest absolute Gasteiger partial charge is 0.248 e. The predicted molar refractivity (Wildman–Crippen MR) is 94.3 cm³/mol. The van der Waals surface area contributed by atoms with Crippen molar-refractivity contribution in [2.75, 3.05) is 12.4 Å². The SMILES string of the molecule is COc1cc(C)c(/C=C/C(=O)Nc2cccc(Br)c2)c(C)c1. The number of amides is 1. The zero-order valence-electron chi connectivity index (χ0n) is 12.8. The fourth-order valence-electron chi connectivity index (χ4n) is 2.22. The summed E-state index contributed by atoms with van der Waals surface area (Å²) in [5.74, 6) is 0.665. The molecule has 114 valence electrons. The molecule has 22 heavy (non-hydrogen) atoms. The van der Waals surface area contributed by atoms with E-state index in [1.54, 1.807) is 13.2 Å². The van der Waals surface area contributed by atoms with E-state index >= 15 is 0 Å². The molecule has 2 aromatic rings. The van der Waals surface area contributed by atoms with Crippen molar-refractivity contribution < 1.29 is 9.53 Å². The molecule has 0 saturated carbocycles. The molecule has 3 nitrogen and oxygen atoms in total. The van der Waals surface area contributed by atoms with E-state index in [4.69, 9.17) is 4.74 Å². The van der Waals surface area contributed by atoms with Gasteiger partial charge >= 0.3 is 0 Å². The number of aryl methyl sites for hydroxylation is 2. The molecule has 0 atom stereocenters. The minimum Gasteiger partial charge on any atom is -0.497 e. The van der Waals surface area contributed by atoms with Gasteiger partial charge in [0.1, 0.15) is 5.75 Å². The highest BCUT2D eigenvalue weighted by molar-refractivity contribution is 9.10. The molecule has 0 aromatic heterocycles. The molecule has 1 amide bonds. The van der Waals surface area contributed by atoms with E-state index < -0.39 is 0 Å². The lowest BCUT2D eigenvalue weighted by Crippen LogP contribution is -2.07. The van der Waals surface area contributed by atoms with Crippen LogP contribution in [-0.2, 0) is 4.79 Å². The fourth-order valence-corrected chi connectivity index (χ4v) is 2.62. The molecular formula is C18H18BrNO2. The van der Waals surface area contributed by atoms with Gasteiger partial charge in [0, 0.05) is 16.2 Å². The average Bonchev–Trinajstić information content (AvgIpc) is 2.46. The summed E-state index contributed by atoms with van der Waals surface area (Å²) in [4.78, 5) is 12.0. The van der Waals surface area contributed by atoms with Gasteiger partial charge in [-0.15, -0.1) is 0 Å². The monoisotopic (exact) mass is 359 g/mol. The predicted octanol–water partition coefficient (Wildman–Crippen LogP) is 4.73. The molecule has 2 rings (SSSR count).